The molecule has 0 unspecified atom stereocenters. The van der Waals surface area contributed by atoms with Gasteiger partial charge in [0.15, 0.2) is 5.78 Å². The first-order valence-corrected chi connectivity index (χ1v) is 11.6. The summed E-state index contributed by atoms with van der Waals surface area (Å²) in [5, 5.41) is 0. The highest BCUT2D eigenvalue weighted by Crippen LogP contribution is 2.26. The molecule has 170 valence electrons. The van der Waals surface area contributed by atoms with Crippen molar-refractivity contribution in [3.63, 3.8) is 0 Å². The Morgan fingerprint density at radius 1 is 1.16 bits per heavy atom. The van der Waals surface area contributed by atoms with Crippen molar-refractivity contribution in [1.29, 1.82) is 0 Å². The largest absolute Gasteiger partial charge is 0.496 e. The maximum atomic E-state index is 12.9. The van der Waals surface area contributed by atoms with Crippen molar-refractivity contribution in [2.45, 2.75) is 45.1 Å². The number of hydrogen-bond donors (Lipinski definition) is 0. The van der Waals surface area contributed by atoms with Gasteiger partial charge in [0, 0.05) is 32.1 Å². The second-order valence-electron chi connectivity index (χ2n) is 8.85. The molecule has 1 aromatic heterocycles. The van der Waals surface area contributed by atoms with E-state index in [2.05, 4.69) is 18.0 Å². The molecule has 0 N–H and O–H groups in total. The first-order valence-electron chi connectivity index (χ1n) is 11.6. The number of benzene rings is 2. The lowest BCUT2D eigenvalue weighted by Gasteiger charge is -2.17. The van der Waals surface area contributed by atoms with Gasteiger partial charge in [0.05, 0.1) is 18.1 Å². The van der Waals surface area contributed by atoms with Gasteiger partial charge in [-0.05, 0) is 75.0 Å². The van der Waals surface area contributed by atoms with E-state index in [-0.39, 0.29) is 11.5 Å². The van der Waals surface area contributed by atoms with Crippen LogP contribution >= 0.6 is 0 Å². The first-order chi connectivity index (χ1) is 15.5. The van der Waals surface area contributed by atoms with Gasteiger partial charge in [0.25, 0.3) is 0 Å². The summed E-state index contributed by atoms with van der Waals surface area (Å²) in [5.74, 6) is 1.11. The Bertz CT molecular complexity index is 1180. The molecule has 6 nitrogen and oxygen atoms in total. The standard InChI is InChI=1S/C26H33N3O3/c1-27(16-13-19-9-4-5-12-24(19)32-3)14-7-6-11-23(30)21-17-20-10-8-15-29-25(20)22(18-21)28(2)26(29)31/h4-5,9,12,17-18H,6-8,10-11,13-16H2,1-3H3. The van der Waals surface area contributed by atoms with Crippen LogP contribution in [0.2, 0.25) is 0 Å². The summed E-state index contributed by atoms with van der Waals surface area (Å²) in [5.41, 5.74) is 5.00. The smallest absolute Gasteiger partial charge is 0.328 e. The topological polar surface area (TPSA) is 56.5 Å². The number of unbranched alkanes of at least 4 members (excludes halogenated alkanes) is 1. The fraction of sp³-hybridized carbons (Fsp3) is 0.462. The zero-order valence-electron chi connectivity index (χ0n) is 19.4. The number of rotatable bonds is 10. The maximum Gasteiger partial charge on any atom is 0.328 e. The number of aryl methyl sites for hydroxylation is 3. The predicted octanol–water partition coefficient (Wildman–Crippen LogP) is 3.82. The summed E-state index contributed by atoms with van der Waals surface area (Å²) < 4.78 is 8.96. The van der Waals surface area contributed by atoms with Gasteiger partial charge in [-0.1, -0.05) is 18.2 Å². The van der Waals surface area contributed by atoms with Crippen LogP contribution in [-0.4, -0.2) is 47.1 Å². The molecular formula is C26H33N3O3. The number of para-hydroxylation sites is 1. The molecule has 0 spiro atoms. The molecule has 2 heterocycles. The van der Waals surface area contributed by atoms with Crippen LogP contribution in [0.1, 0.15) is 47.2 Å². The average Bonchev–Trinajstić information content (AvgIpc) is 3.06. The molecule has 6 heteroatoms. The van der Waals surface area contributed by atoms with Crippen molar-refractivity contribution in [2.75, 3.05) is 27.2 Å². The van der Waals surface area contributed by atoms with Crippen molar-refractivity contribution in [2.24, 2.45) is 7.05 Å². The fourth-order valence-corrected chi connectivity index (χ4v) is 4.76. The van der Waals surface area contributed by atoms with Gasteiger partial charge >= 0.3 is 5.69 Å². The molecule has 2 aromatic carbocycles. The second kappa shape index (κ2) is 9.74. The van der Waals surface area contributed by atoms with Gasteiger partial charge < -0.3 is 9.64 Å². The molecule has 0 saturated heterocycles. The van der Waals surface area contributed by atoms with Crippen molar-refractivity contribution in [1.82, 2.24) is 14.0 Å². The molecule has 0 radical (unpaired) electrons. The second-order valence-corrected chi connectivity index (χ2v) is 8.85. The number of ketones is 1. The molecule has 0 amide bonds. The Morgan fingerprint density at radius 2 is 1.97 bits per heavy atom. The summed E-state index contributed by atoms with van der Waals surface area (Å²) in [7, 11) is 5.63. The third-order valence-corrected chi connectivity index (χ3v) is 6.62. The van der Waals surface area contributed by atoms with Crippen LogP contribution < -0.4 is 10.4 Å². The van der Waals surface area contributed by atoms with Crippen LogP contribution in [0.5, 0.6) is 5.75 Å². The van der Waals surface area contributed by atoms with Gasteiger partial charge in [-0.15, -0.1) is 0 Å². The molecule has 1 aliphatic rings. The van der Waals surface area contributed by atoms with E-state index < -0.39 is 0 Å². The minimum Gasteiger partial charge on any atom is -0.496 e. The minimum atomic E-state index is 0.0155. The molecule has 32 heavy (non-hydrogen) atoms. The Morgan fingerprint density at radius 3 is 2.78 bits per heavy atom. The summed E-state index contributed by atoms with van der Waals surface area (Å²) in [4.78, 5) is 27.7. The maximum absolute atomic E-state index is 12.9. The zero-order chi connectivity index (χ0) is 22.7. The van der Waals surface area contributed by atoms with E-state index in [1.54, 1.807) is 18.7 Å². The molecule has 0 aliphatic carbocycles. The number of nitrogens with zero attached hydrogens (tertiary/aromatic N) is 3. The molecule has 1 aliphatic heterocycles. The van der Waals surface area contributed by atoms with E-state index >= 15 is 0 Å². The zero-order valence-corrected chi connectivity index (χ0v) is 19.4. The van der Waals surface area contributed by atoms with Gasteiger partial charge in [-0.25, -0.2) is 4.79 Å². The number of carbonyl (C=O) groups excluding carboxylic acids is 1. The Labute approximate surface area is 189 Å². The molecular weight excluding hydrogens is 402 g/mol. The highest BCUT2D eigenvalue weighted by atomic mass is 16.5. The highest BCUT2D eigenvalue weighted by molar-refractivity contribution is 6.00. The quantitative estimate of drug-likeness (QED) is 0.359. The van der Waals surface area contributed by atoms with E-state index in [9.17, 15) is 9.59 Å². The number of hydrogen-bond acceptors (Lipinski definition) is 4. The lowest BCUT2D eigenvalue weighted by Crippen LogP contribution is -2.24. The first kappa shape index (κ1) is 22.3. The van der Waals surface area contributed by atoms with Crippen LogP contribution in [0, 0.1) is 0 Å². The van der Waals surface area contributed by atoms with E-state index in [0.29, 0.717) is 6.42 Å². The number of ether oxygens (including phenoxy) is 1. The highest BCUT2D eigenvalue weighted by Gasteiger charge is 2.20. The fourth-order valence-electron chi connectivity index (χ4n) is 4.76. The number of likely N-dealkylation sites (N-methyl/N-ethyl adjacent to an activating group) is 1. The number of aromatic nitrogens is 2. The van der Waals surface area contributed by atoms with Crippen LogP contribution in [0.15, 0.2) is 41.2 Å². The summed E-state index contributed by atoms with van der Waals surface area (Å²) >= 11 is 0. The van der Waals surface area contributed by atoms with E-state index in [0.717, 1.165) is 79.6 Å². The number of carbonyl (C=O) groups is 1. The molecule has 0 bridgehead atoms. The van der Waals surface area contributed by atoms with Crippen LogP contribution in [-0.2, 0) is 26.4 Å². The normalized spacial score (nSPS) is 13.1. The van der Waals surface area contributed by atoms with Crippen molar-refractivity contribution >= 4 is 16.8 Å². The summed E-state index contributed by atoms with van der Waals surface area (Å²) in [6, 6.07) is 12.1. The van der Waals surface area contributed by atoms with Crippen LogP contribution in [0.3, 0.4) is 0 Å². The van der Waals surface area contributed by atoms with Crippen molar-refractivity contribution in [3.05, 3.63) is 63.6 Å². The number of methoxy groups -OCH3 is 1. The van der Waals surface area contributed by atoms with Crippen LogP contribution in [0.4, 0.5) is 0 Å². The average molecular weight is 436 g/mol. The van der Waals surface area contributed by atoms with Gasteiger partial charge in [-0.2, -0.15) is 0 Å². The third kappa shape index (κ3) is 4.51. The molecule has 0 atom stereocenters. The Balaban J connectivity index is 1.29. The Hall–Kier alpha value is -2.86. The van der Waals surface area contributed by atoms with Crippen molar-refractivity contribution in [3.8, 4) is 5.75 Å². The Kier molecular flexibility index (Phi) is 6.80. The van der Waals surface area contributed by atoms with E-state index in [1.807, 2.05) is 34.9 Å². The molecule has 0 fully saturated rings. The minimum absolute atomic E-state index is 0.0155. The van der Waals surface area contributed by atoms with Crippen LogP contribution in [0.25, 0.3) is 11.0 Å². The lowest BCUT2D eigenvalue weighted by atomic mass is 9.97. The predicted molar refractivity (Wildman–Crippen MR) is 128 cm³/mol. The summed E-state index contributed by atoms with van der Waals surface area (Å²) in [6.45, 7) is 2.68. The molecule has 4 rings (SSSR count). The SMILES string of the molecule is COc1ccccc1CCN(C)CCCCC(=O)c1cc2c3c(c1)n(C)c(=O)n3CCC2. The van der Waals surface area contributed by atoms with E-state index in [1.165, 1.54) is 5.56 Å². The monoisotopic (exact) mass is 435 g/mol. The van der Waals surface area contributed by atoms with Gasteiger partial charge in [-0.3, -0.25) is 13.9 Å². The van der Waals surface area contributed by atoms with E-state index in [4.69, 9.17) is 4.74 Å². The van der Waals surface area contributed by atoms with Gasteiger partial charge in [0.1, 0.15) is 5.75 Å². The number of imidazole rings is 1. The molecule has 0 saturated carbocycles. The summed E-state index contributed by atoms with van der Waals surface area (Å²) in [6.07, 6.45) is 5.22. The number of Topliss-reactive ketones (excluding diaryl/α,β-unsaturated/α-hetero) is 1. The molecule has 3 aromatic rings. The lowest BCUT2D eigenvalue weighted by molar-refractivity contribution is 0.0978. The van der Waals surface area contributed by atoms with Crippen molar-refractivity contribution < 1.29 is 9.53 Å². The third-order valence-electron chi connectivity index (χ3n) is 6.62. The van der Waals surface area contributed by atoms with Gasteiger partial charge in [0.2, 0.25) is 0 Å².